The smallest absolute Gasteiger partial charge is 0.330 e. The maximum Gasteiger partial charge on any atom is 0.330 e. The molecule has 7 heteroatoms. The fraction of sp³-hybridized carbons (Fsp3) is 0.471. The van der Waals surface area contributed by atoms with Gasteiger partial charge in [-0.25, -0.2) is 4.79 Å². The molecule has 24 heavy (non-hydrogen) atoms. The zero-order valence-corrected chi connectivity index (χ0v) is 14.1. The van der Waals surface area contributed by atoms with E-state index >= 15 is 0 Å². The third kappa shape index (κ3) is 5.57. The number of nitrogens with one attached hydrogen (secondary N) is 1. The Hall–Kier alpha value is -2.57. The summed E-state index contributed by atoms with van der Waals surface area (Å²) >= 11 is 0. The summed E-state index contributed by atoms with van der Waals surface area (Å²) in [7, 11) is 0. The maximum atomic E-state index is 12.3. The number of ether oxygens (including phenoxy) is 3. The number of anilines is 1. The molecule has 0 radical (unpaired) electrons. The van der Waals surface area contributed by atoms with E-state index in [1.54, 1.807) is 51.1 Å². The first-order valence-corrected chi connectivity index (χ1v) is 7.86. The highest BCUT2D eigenvalue weighted by Crippen LogP contribution is 2.18. The number of hydrogen-bond acceptors (Lipinski definition) is 7. The molecule has 0 heterocycles. The fourth-order valence-electron chi connectivity index (χ4n) is 2.06. The Morgan fingerprint density at radius 2 is 1.29 bits per heavy atom. The summed E-state index contributed by atoms with van der Waals surface area (Å²) < 4.78 is 14.9. The Labute approximate surface area is 141 Å². The molecule has 1 aromatic rings. The molecule has 1 rings (SSSR count). The molecule has 1 aromatic carbocycles. The lowest BCUT2D eigenvalue weighted by Gasteiger charge is -2.24. The molecule has 132 valence electrons. The first-order valence-electron chi connectivity index (χ1n) is 7.86. The fourth-order valence-corrected chi connectivity index (χ4v) is 2.06. The molecule has 0 fully saturated rings. The van der Waals surface area contributed by atoms with E-state index in [0.29, 0.717) is 5.69 Å². The van der Waals surface area contributed by atoms with Crippen molar-refractivity contribution in [3.63, 3.8) is 0 Å². The average molecular weight is 337 g/mol. The summed E-state index contributed by atoms with van der Waals surface area (Å²) in [5.41, 5.74) is 0.564. The van der Waals surface area contributed by atoms with E-state index in [1.165, 1.54) is 0 Å². The lowest BCUT2D eigenvalue weighted by Crippen LogP contribution is -2.47. The molecule has 1 atom stereocenters. The van der Waals surface area contributed by atoms with Crippen LogP contribution in [-0.2, 0) is 28.6 Å². The first kappa shape index (κ1) is 19.5. The van der Waals surface area contributed by atoms with Gasteiger partial charge in [0.25, 0.3) is 0 Å². The van der Waals surface area contributed by atoms with Crippen molar-refractivity contribution in [2.45, 2.75) is 26.8 Å². The summed E-state index contributed by atoms with van der Waals surface area (Å²) in [6.07, 6.45) is 0. The van der Waals surface area contributed by atoms with Gasteiger partial charge >= 0.3 is 17.9 Å². The quantitative estimate of drug-likeness (QED) is 0.417. The second-order valence-electron chi connectivity index (χ2n) is 4.72. The highest BCUT2D eigenvalue weighted by atomic mass is 16.6. The van der Waals surface area contributed by atoms with Crippen molar-refractivity contribution in [3.05, 3.63) is 30.3 Å². The summed E-state index contributed by atoms with van der Waals surface area (Å²) in [4.78, 5) is 36.8. The number of carbonyl (C=O) groups excluding carboxylic acids is 3. The summed E-state index contributed by atoms with van der Waals surface area (Å²) in [5, 5.41) is 2.87. The molecule has 0 aromatic heterocycles. The number of benzene rings is 1. The second-order valence-corrected chi connectivity index (χ2v) is 4.72. The molecular formula is C17H23NO6. The molecule has 1 N–H and O–H groups in total. The van der Waals surface area contributed by atoms with Gasteiger partial charge in [0.2, 0.25) is 0 Å². The SMILES string of the molecule is CCOC(=O)C(Nc1ccccc1)C(C(=O)OCC)C(=O)OCC. The van der Waals surface area contributed by atoms with E-state index in [2.05, 4.69) is 5.32 Å². The van der Waals surface area contributed by atoms with Crippen LogP contribution in [-0.4, -0.2) is 43.8 Å². The van der Waals surface area contributed by atoms with Crippen LogP contribution in [0.3, 0.4) is 0 Å². The van der Waals surface area contributed by atoms with E-state index in [1.807, 2.05) is 0 Å². The van der Waals surface area contributed by atoms with E-state index in [-0.39, 0.29) is 19.8 Å². The largest absolute Gasteiger partial charge is 0.465 e. The molecule has 0 aliphatic carbocycles. The van der Waals surface area contributed by atoms with Crippen molar-refractivity contribution in [3.8, 4) is 0 Å². The second kappa shape index (κ2) is 10.3. The zero-order chi connectivity index (χ0) is 17.9. The van der Waals surface area contributed by atoms with Crippen molar-refractivity contribution in [1.82, 2.24) is 0 Å². The van der Waals surface area contributed by atoms with Gasteiger partial charge in [-0.3, -0.25) is 9.59 Å². The lowest BCUT2D eigenvalue weighted by molar-refractivity contribution is -0.167. The molecule has 0 amide bonds. The van der Waals surface area contributed by atoms with Crippen LogP contribution < -0.4 is 5.32 Å². The number of carbonyl (C=O) groups is 3. The Morgan fingerprint density at radius 1 is 0.833 bits per heavy atom. The van der Waals surface area contributed by atoms with Crippen molar-refractivity contribution in [2.75, 3.05) is 25.1 Å². The minimum Gasteiger partial charge on any atom is -0.465 e. The third-order valence-electron chi connectivity index (χ3n) is 3.05. The monoisotopic (exact) mass is 337 g/mol. The number of hydrogen-bond donors (Lipinski definition) is 1. The van der Waals surface area contributed by atoms with Gasteiger partial charge in [0.1, 0.15) is 6.04 Å². The molecule has 0 aliphatic rings. The van der Waals surface area contributed by atoms with E-state index in [9.17, 15) is 14.4 Å². The number of esters is 3. The van der Waals surface area contributed by atoms with Crippen LogP contribution in [0.1, 0.15) is 20.8 Å². The third-order valence-corrected chi connectivity index (χ3v) is 3.05. The summed E-state index contributed by atoms with van der Waals surface area (Å²) in [6, 6.07) is 7.49. The molecule has 0 aliphatic heterocycles. The average Bonchev–Trinajstić information content (AvgIpc) is 2.56. The molecule has 1 unspecified atom stereocenters. The zero-order valence-electron chi connectivity index (χ0n) is 14.1. The minimum atomic E-state index is -1.45. The lowest BCUT2D eigenvalue weighted by atomic mass is 9.99. The van der Waals surface area contributed by atoms with Crippen LogP contribution in [0, 0.1) is 5.92 Å². The Bertz CT molecular complexity index is 527. The van der Waals surface area contributed by atoms with Gasteiger partial charge in [-0.1, -0.05) is 18.2 Å². The Kier molecular flexibility index (Phi) is 8.32. The van der Waals surface area contributed by atoms with Gasteiger partial charge in [-0.05, 0) is 32.9 Å². The molecule has 0 saturated heterocycles. The van der Waals surface area contributed by atoms with Crippen LogP contribution in [0.15, 0.2) is 30.3 Å². The normalized spacial score (nSPS) is 11.5. The number of para-hydroxylation sites is 1. The van der Waals surface area contributed by atoms with Gasteiger partial charge in [0.15, 0.2) is 5.92 Å². The van der Waals surface area contributed by atoms with Crippen LogP contribution in [0.2, 0.25) is 0 Å². The van der Waals surface area contributed by atoms with Crippen LogP contribution in [0.25, 0.3) is 0 Å². The van der Waals surface area contributed by atoms with Gasteiger partial charge in [-0.2, -0.15) is 0 Å². The summed E-state index contributed by atoms with van der Waals surface area (Å²) in [5.74, 6) is -3.86. The van der Waals surface area contributed by atoms with E-state index in [4.69, 9.17) is 14.2 Å². The van der Waals surface area contributed by atoms with Crippen LogP contribution in [0.5, 0.6) is 0 Å². The standard InChI is InChI=1S/C17H23NO6/c1-4-22-15(19)13(16(20)23-5-2)14(17(21)24-6-3)18-12-10-8-7-9-11-12/h7-11,13-14,18H,4-6H2,1-3H3. The van der Waals surface area contributed by atoms with Crippen molar-refractivity contribution >= 4 is 23.6 Å². The minimum absolute atomic E-state index is 0.0790. The Balaban J connectivity index is 3.14. The molecule has 0 bridgehead atoms. The van der Waals surface area contributed by atoms with E-state index < -0.39 is 29.9 Å². The summed E-state index contributed by atoms with van der Waals surface area (Å²) in [6.45, 7) is 5.14. The van der Waals surface area contributed by atoms with Crippen LogP contribution >= 0.6 is 0 Å². The molecule has 0 saturated carbocycles. The van der Waals surface area contributed by atoms with Gasteiger partial charge in [0, 0.05) is 5.69 Å². The van der Waals surface area contributed by atoms with Crippen molar-refractivity contribution < 1.29 is 28.6 Å². The predicted molar refractivity (Wildman–Crippen MR) is 87.2 cm³/mol. The molecule has 7 nitrogen and oxygen atoms in total. The topological polar surface area (TPSA) is 90.9 Å². The molecule has 0 spiro atoms. The molecular weight excluding hydrogens is 314 g/mol. The van der Waals surface area contributed by atoms with E-state index in [0.717, 1.165) is 0 Å². The van der Waals surface area contributed by atoms with Crippen molar-refractivity contribution in [1.29, 1.82) is 0 Å². The number of rotatable bonds is 9. The van der Waals surface area contributed by atoms with Crippen LogP contribution in [0.4, 0.5) is 5.69 Å². The maximum absolute atomic E-state index is 12.3. The predicted octanol–water partition coefficient (Wildman–Crippen LogP) is 1.77. The van der Waals surface area contributed by atoms with Gasteiger partial charge in [0.05, 0.1) is 19.8 Å². The van der Waals surface area contributed by atoms with Gasteiger partial charge < -0.3 is 19.5 Å². The first-order chi connectivity index (χ1) is 11.5. The Morgan fingerprint density at radius 3 is 1.75 bits per heavy atom. The highest BCUT2D eigenvalue weighted by molar-refractivity contribution is 6.01. The van der Waals surface area contributed by atoms with Crippen molar-refractivity contribution in [2.24, 2.45) is 5.92 Å². The van der Waals surface area contributed by atoms with Gasteiger partial charge in [-0.15, -0.1) is 0 Å². The highest BCUT2D eigenvalue weighted by Gasteiger charge is 2.42.